The Hall–Kier alpha value is -1.25. The number of hydrogen-bond donors (Lipinski definition) is 0. The van der Waals surface area contributed by atoms with Crippen LogP contribution in [0.25, 0.3) is 0 Å². The Morgan fingerprint density at radius 2 is 1.78 bits per heavy atom. The molecule has 18 heavy (non-hydrogen) atoms. The van der Waals surface area contributed by atoms with Gasteiger partial charge in [0.15, 0.2) is 0 Å². The molecule has 0 unspecified atom stereocenters. The first-order valence-corrected chi connectivity index (χ1v) is 6.55. The zero-order valence-electron chi connectivity index (χ0n) is 11.0. The number of carbonyl (C=O) groups is 1. The molecule has 0 saturated heterocycles. The zero-order chi connectivity index (χ0) is 13.5. The average molecular weight is 254 g/mol. The number of rotatable bonds is 7. The Morgan fingerprint density at radius 1 is 1.17 bits per heavy atom. The number of carbonyl (C=O) groups excluding carboxylic acids is 1. The zero-order valence-corrected chi connectivity index (χ0v) is 11.0. The highest BCUT2D eigenvalue weighted by atomic mass is 19.1. The predicted octanol–water partition coefficient (Wildman–Crippen LogP) is 4.29. The summed E-state index contributed by atoms with van der Waals surface area (Å²) in [5.74, 6) is -1.01. The van der Waals surface area contributed by atoms with Crippen molar-refractivity contribution < 1.29 is 13.6 Å². The van der Waals surface area contributed by atoms with E-state index in [2.05, 4.69) is 0 Å². The van der Waals surface area contributed by atoms with Crippen LogP contribution in [0.2, 0.25) is 0 Å². The van der Waals surface area contributed by atoms with E-state index in [4.69, 9.17) is 0 Å². The highest BCUT2D eigenvalue weighted by Crippen LogP contribution is 2.19. The molecule has 0 aliphatic carbocycles. The van der Waals surface area contributed by atoms with Crippen molar-refractivity contribution in [1.29, 1.82) is 0 Å². The molecule has 0 saturated carbocycles. The molecule has 0 radical (unpaired) electrons. The highest BCUT2D eigenvalue weighted by Gasteiger charge is 2.18. The standard InChI is InChI=1S/C15H20F2O/c1-3-5-11(6-4-2)15(18)10-12-9-13(16)7-8-14(12)17/h7-9,11H,3-6,10H2,1-2H3. The summed E-state index contributed by atoms with van der Waals surface area (Å²) in [5.41, 5.74) is 0.164. The lowest BCUT2D eigenvalue weighted by Gasteiger charge is -2.14. The van der Waals surface area contributed by atoms with Gasteiger partial charge in [-0.15, -0.1) is 0 Å². The molecule has 0 bridgehead atoms. The van der Waals surface area contributed by atoms with Crippen molar-refractivity contribution in [3.05, 3.63) is 35.4 Å². The molecule has 1 rings (SSSR count). The van der Waals surface area contributed by atoms with Crippen LogP contribution >= 0.6 is 0 Å². The number of hydrogen-bond acceptors (Lipinski definition) is 1. The molecular formula is C15H20F2O. The Morgan fingerprint density at radius 3 is 2.33 bits per heavy atom. The van der Waals surface area contributed by atoms with Crippen LogP contribution in [0, 0.1) is 17.6 Å². The van der Waals surface area contributed by atoms with Crippen LogP contribution in [0.5, 0.6) is 0 Å². The van der Waals surface area contributed by atoms with Gasteiger partial charge < -0.3 is 0 Å². The summed E-state index contributed by atoms with van der Waals surface area (Å²) >= 11 is 0. The summed E-state index contributed by atoms with van der Waals surface area (Å²) < 4.78 is 26.5. The van der Waals surface area contributed by atoms with Gasteiger partial charge in [-0.1, -0.05) is 26.7 Å². The fourth-order valence-electron chi connectivity index (χ4n) is 2.17. The van der Waals surface area contributed by atoms with Gasteiger partial charge in [0.05, 0.1) is 0 Å². The van der Waals surface area contributed by atoms with E-state index in [1.165, 1.54) is 0 Å². The van der Waals surface area contributed by atoms with Crippen LogP contribution in [0.1, 0.15) is 45.1 Å². The molecule has 1 nitrogen and oxygen atoms in total. The van der Waals surface area contributed by atoms with Crippen molar-refractivity contribution in [3.8, 4) is 0 Å². The molecule has 100 valence electrons. The highest BCUT2D eigenvalue weighted by molar-refractivity contribution is 5.83. The van der Waals surface area contributed by atoms with E-state index in [9.17, 15) is 13.6 Å². The fourth-order valence-corrected chi connectivity index (χ4v) is 2.17. The number of Topliss-reactive ketones (excluding diaryl/α,β-unsaturated/α-hetero) is 1. The van der Waals surface area contributed by atoms with Crippen molar-refractivity contribution in [2.24, 2.45) is 5.92 Å². The lowest BCUT2D eigenvalue weighted by molar-refractivity contribution is -0.122. The summed E-state index contributed by atoms with van der Waals surface area (Å²) in [6.07, 6.45) is 3.51. The average Bonchev–Trinajstić information content (AvgIpc) is 2.33. The van der Waals surface area contributed by atoms with Gasteiger partial charge in [-0.25, -0.2) is 8.78 Å². The topological polar surface area (TPSA) is 17.1 Å². The molecule has 3 heteroatoms. The molecule has 0 fully saturated rings. The maximum atomic E-state index is 13.4. The molecule has 0 aromatic heterocycles. The quantitative estimate of drug-likeness (QED) is 0.709. The summed E-state index contributed by atoms with van der Waals surface area (Å²) in [6.45, 7) is 4.05. The number of ketones is 1. The van der Waals surface area contributed by atoms with Crippen molar-refractivity contribution in [3.63, 3.8) is 0 Å². The molecule has 0 spiro atoms. The van der Waals surface area contributed by atoms with Crippen molar-refractivity contribution in [2.75, 3.05) is 0 Å². The van der Waals surface area contributed by atoms with Gasteiger partial charge in [-0.3, -0.25) is 4.79 Å². The molecular weight excluding hydrogens is 234 g/mol. The Bertz CT molecular complexity index is 395. The lowest BCUT2D eigenvalue weighted by Crippen LogP contribution is -2.17. The first kappa shape index (κ1) is 14.8. The summed E-state index contributed by atoms with van der Waals surface area (Å²) in [4.78, 5) is 12.1. The van der Waals surface area contributed by atoms with E-state index in [1.807, 2.05) is 13.8 Å². The first-order chi connectivity index (χ1) is 8.58. The second kappa shape index (κ2) is 7.24. The van der Waals surface area contributed by atoms with Crippen LogP contribution in [-0.4, -0.2) is 5.78 Å². The molecule has 0 aliphatic rings. The third-order valence-corrected chi connectivity index (χ3v) is 3.10. The second-order valence-electron chi connectivity index (χ2n) is 4.65. The Balaban J connectivity index is 2.75. The summed E-state index contributed by atoms with van der Waals surface area (Å²) in [5, 5.41) is 0. The van der Waals surface area contributed by atoms with Gasteiger partial charge in [0.1, 0.15) is 17.4 Å². The van der Waals surface area contributed by atoms with Gasteiger partial charge in [-0.05, 0) is 36.6 Å². The van der Waals surface area contributed by atoms with Crippen LogP contribution in [-0.2, 0) is 11.2 Å². The molecule has 0 atom stereocenters. The van der Waals surface area contributed by atoms with E-state index in [1.54, 1.807) is 0 Å². The molecule has 0 amide bonds. The van der Waals surface area contributed by atoms with Crippen LogP contribution < -0.4 is 0 Å². The minimum absolute atomic E-state index is 0.00569. The van der Waals surface area contributed by atoms with E-state index in [0.29, 0.717) is 0 Å². The first-order valence-electron chi connectivity index (χ1n) is 6.55. The predicted molar refractivity (Wildman–Crippen MR) is 68.4 cm³/mol. The van der Waals surface area contributed by atoms with E-state index >= 15 is 0 Å². The van der Waals surface area contributed by atoms with E-state index < -0.39 is 11.6 Å². The fraction of sp³-hybridized carbons (Fsp3) is 0.533. The summed E-state index contributed by atoms with van der Waals surface area (Å²) in [6, 6.07) is 3.26. The molecule has 1 aromatic rings. The lowest BCUT2D eigenvalue weighted by atomic mass is 9.90. The molecule has 0 heterocycles. The van der Waals surface area contributed by atoms with E-state index in [0.717, 1.165) is 43.9 Å². The van der Waals surface area contributed by atoms with Crippen LogP contribution in [0.3, 0.4) is 0 Å². The smallest absolute Gasteiger partial charge is 0.140 e. The van der Waals surface area contributed by atoms with Gasteiger partial charge in [-0.2, -0.15) is 0 Å². The normalized spacial score (nSPS) is 10.9. The Labute approximate surface area is 107 Å². The third kappa shape index (κ3) is 4.21. The van der Waals surface area contributed by atoms with Gasteiger partial charge in [0.25, 0.3) is 0 Å². The molecule has 1 aromatic carbocycles. The molecule has 0 aliphatic heterocycles. The van der Waals surface area contributed by atoms with Crippen LogP contribution in [0.15, 0.2) is 18.2 Å². The van der Waals surface area contributed by atoms with Crippen molar-refractivity contribution >= 4 is 5.78 Å². The van der Waals surface area contributed by atoms with Crippen molar-refractivity contribution in [2.45, 2.75) is 46.0 Å². The maximum absolute atomic E-state index is 13.4. The number of benzene rings is 1. The van der Waals surface area contributed by atoms with Gasteiger partial charge in [0.2, 0.25) is 0 Å². The summed E-state index contributed by atoms with van der Waals surface area (Å²) in [7, 11) is 0. The van der Waals surface area contributed by atoms with Gasteiger partial charge >= 0.3 is 0 Å². The largest absolute Gasteiger partial charge is 0.299 e. The maximum Gasteiger partial charge on any atom is 0.140 e. The van der Waals surface area contributed by atoms with Gasteiger partial charge in [0, 0.05) is 12.3 Å². The number of halogens is 2. The van der Waals surface area contributed by atoms with E-state index in [-0.39, 0.29) is 23.7 Å². The molecule has 0 N–H and O–H groups in total. The second-order valence-corrected chi connectivity index (χ2v) is 4.65. The Kier molecular flexibility index (Phi) is 5.96. The third-order valence-electron chi connectivity index (χ3n) is 3.10. The monoisotopic (exact) mass is 254 g/mol. The SMILES string of the molecule is CCCC(CCC)C(=O)Cc1cc(F)ccc1F. The van der Waals surface area contributed by atoms with Crippen molar-refractivity contribution in [1.82, 2.24) is 0 Å². The minimum Gasteiger partial charge on any atom is -0.299 e. The minimum atomic E-state index is -0.503. The van der Waals surface area contributed by atoms with Crippen LogP contribution in [0.4, 0.5) is 8.78 Å².